The van der Waals surface area contributed by atoms with Gasteiger partial charge in [-0.05, 0) is 43.7 Å². The largest absolute Gasteiger partial charge is 0.478 e. The lowest BCUT2D eigenvalue weighted by molar-refractivity contribution is 0.0696. The Hall–Kier alpha value is -2.95. The summed E-state index contributed by atoms with van der Waals surface area (Å²) in [6.07, 6.45) is 0. The number of carboxylic acids is 1. The highest BCUT2D eigenvalue weighted by Gasteiger charge is 2.13. The molecular weight excluding hydrogens is 280 g/mol. The Bertz CT molecular complexity index is 853. The number of carboxylic acid groups (broad SMARTS) is 1. The van der Waals surface area contributed by atoms with E-state index in [1.165, 1.54) is 0 Å². The maximum Gasteiger partial charge on any atom is 0.335 e. The van der Waals surface area contributed by atoms with Gasteiger partial charge >= 0.3 is 5.97 Å². The molecule has 110 valence electrons. The lowest BCUT2D eigenvalue weighted by atomic mass is 10.0. The average Bonchev–Trinajstić information content (AvgIpc) is 2.96. The van der Waals surface area contributed by atoms with E-state index < -0.39 is 5.97 Å². The molecule has 2 aromatic carbocycles. The quantitative estimate of drug-likeness (QED) is 0.796. The van der Waals surface area contributed by atoms with Crippen LogP contribution in [0.1, 0.15) is 21.5 Å². The van der Waals surface area contributed by atoms with Gasteiger partial charge in [-0.2, -0.15) is 4.98 Å². The van der Waals surface area contributed by atoms with Crippen molar-refractivity contribution >= 4 is 5.97 Å². The second kappa shape index (κ2) is 5.44. The van der Waals surface area contributed by atoms with E-state index in [0.717, 1.165) is 16.7 Å². The van der Waals surface area contributed by atoms with E-state index in [-0.39, 0.29) is 5.56 Å². The Balaban J connectivity index is 1.97. The number of hydrogen-bond acceptors (Lipinski definition) is 4. The summed E-state index contributed by atoms with van der Waals surface area (Å²) in [6, 6.07) is 12.8. The minimum atomic E-state index is -0.947. The normalized spacial score (nSPS) is 10.6. The summed E-state index contributed by atoms with van der Waals surface area (Å²) in [5.74, 6) is -0.0622. The van der Waals surface area contributed by atoms with Crippen molar-refractivity contribution in [2.24, 2.45) is 0 Å². The van der Waals surface area contributed by atoms with Crippen LogP contribution in [0, 0.1) is 13.8 Å². The van der Waals surface area contributed by atoms with Gasteiger partial charge in [-0.1, -0.05) is 28.9 Å². The van der Waals surface area contributed by atoms with E-state index >= 15 is 0 Å². The molecule has 0 amide bonds. The topological polar surface area (TPSA) is 76.2 Å². The molecule has 0 bridgehead atoms. The predicted molar refractivity (Wildman–Crippen MR) is 81.6 cm³/mol. The number of aromatic carboxylic acids is 1. The van der Waals surface area contributed by atoms with Crippen molar-refractivity contribution < 1.29 is 14.4 Å². The van der Waals surface area contributed by atoms with Crippen molar-refractivity contribution in [1.29, 1.82) is 0 Å². The number of aryl methyl sites for hydroxylation is 2. The highest BCUT2D eigenvalue weighted by Crippen LogP contribution is 2.24. The second-order valence-corrected chi connectivity index (χ2v) is 5.13. The number of benzene rings is 2. The van der Waals surface area contributed by atoms with Crippen LogP contribution in [-0.4, -0.2) is 21.2 Å². The van der Waals surface area contributed by atoms with Crippen molar-refractivity contribution in [3.63, 3.8) is 0 Å². The van der Waals surface area contributed by atoms with Gasteiger partial charge in [0.1, 0.15) is 0 Å². The average molecular weight is 294 g/mol. The van der Waals surface area contributed by atoms with E-state index in [0.29, 0.717) is 17.3 Å². The maximum atomic E-state index is 11.0. The zero-order chi connectivity index (χ0) is 15.7. The van der Waals surface area contributed by atoms with Crippen LogP contribution < -0.4 is 0 Å². The third-order valence-electron chi connectivity index (χ3n) is 3.41. The van der Waals surface area contributed by atoms with Crippen molar-refractivity contribution in [2.75, 3.05) is 0 Å². The fraction of sp³-hybridized carbons (Fsp3) is 0.118. The molecule has 0 aliphatic heterocycles. The molecule has 0 unspecified atom stereocenters. The first-order valence-corrected chi connectivity index (χ1v) is 6.79. The minimum absolute atomic E-state index is 0.270. The van der Waals surface area contributed by atoms with Crippen LogP contribution >= 0.6 is 0 Å². The number of carbonyl (C=O) groups is 1. The van der Waals surface area contributed by atoms with Crippen LogP contribution in [0.25, 0.3) is 22.8 Å². The standard InChI is InChI=1S/C17H14N2O3/c1-10-4-3-5-13(8-10)16-18-15(19-22-16)12-6-7-14(17(20)21)11(2)9-12/h3-9H,1-2H3,(H,20,21). The van der Waals surface area contributed by atoms with Crippen LogP contribution in [0.3, 0.4) is 0 Å². The molecule has 0 fully saturated rings. The van der Waals surface area contributed by atoms with Gasteiger partial charge in [0.2, 0.25) is 5.82 Å². The van der Waals surface area contributed by atoms with Gasteiger partial charge in [0.05, 0.1) is 5.56 Å². The number of aromatic nitrogens is 2. The molecule has 0 saturated heterocycles. The predicted octanol–water partition coefficient (Wildman–Crippen LogP) is 3.72. The zero-order valence-electron chi connectivity index (χ0n) is 12.2. The first kappa shape index (κ1) is 14.0. The molecule has 0 saturated carbocycles. The van der Waals surface area contributed by atoms with E-state index in [9.17, 15) is 4.79 Å². The third kappa shape index (κ3) is 2.61. The minimum Gasteiger partial charge on any atom is -0.478 e. The summed E-state index contributed by atoms with van der Waals surface area (Å²) < 4.78 is 5.30. The Morgan fingerprint density at radius 2 is 1.91 bits per heavy atom. The van der Waals surface area contributed by atoms with E-state index in [4.69, 9.17) is 9.63 Å². The van der Waals surface area contributed by atoms with Crippen molar-refractivity contribution in [3.8, 4) is 22.8 Å². The Morgan fingerprint density at radius 3 is 2.59 bits per heavy atom. The molecule has 1 N–H and O–H groups in total. The van der Waals surface area contributed by atoms with Crippen molar-refractivity contribution in [3.05, 3.63) is 59.2 Å². The molecule has 0 aliphatic carbocycles. The molecule has 0 aliphatic rings. The van der Waals surface area contributed by atoms with E-state index in [1.807, 2.05) is 31.2 Å². The first-order valence-electron chi connectivity index (χ1n) is 6.79. The van der Waals surface area contributed by atoms with Gasteiger partial charge in [-0.25, -0.2) is 4.79 Å². The summed E-state index contributed by atoms with van der Waals surface area (Å²) in [6.45, 7) is 3.74. The number of hydrogen-bond donors (Lipinski definition) is 1. The van der Waals surface area contributed by atoms with Crippen LogP contribution in [-0.2, 0) is 0 Å². The number of nitrogens with zero attached hydrogens (tertiary/aromatic N) is 2. The molecular formula is C17H14N2O3. The molecule has 0 spiro atoms. The molecule has 3 aromatic rings. The first-order chi connectivity index (χ1) is 10.5. The summed E-state index contributed by atoms with van der Waals surface area (Å²) in [5, 5.41) is 13.0. The van der Waals surface area contributed by atoms with Gasteiger partial charge in [0.25, 0.3) is 5.89 Å². The Kier molecular flexibility index (Phi) is 3.47. The molecule has 1 aromatic heterocycles. The Labute approximate surface area is 127 Å². The van der Waals surface area contributed by atoms with E-state index in [2.05, 4.69) is 10.1 Å². The highest BCUT2D eigenvalue weighted by atomic mass is 16.5. The number of rotatable bonds is 3. The molecule has 0 radical (unpaired) electrons. The van der Waals surface area contributed by atoms with Crippen LogP contribution in [0.4, 0.5) is 0 Å². The van der Waals surface area contributed by atoms with Gasteiger partial charge in [-0.3, -0.25) is 0 Å². The fourth-order valence-corrected chi connectivity index (χ4v) is 2.28. The molecule has 22 heavy (non-hydrogen) atoms. The zero-order valence-corrected chi connectivity index (χ0v) is 12.2. The van der Waals surface area contributed by atoms with Crippen LogP contribution in [0.5, 0.6) is 0 Å². The summed E-state index contributed by atoms with van der Waals surface area (Å²) in [4.78, 5) is 15.4. The SMILES string of the molecule is Cc1cccc(-c2nc(-c3ccc(C(=O)O)c(C)c3)no2)c1. The smallest absolute Gasteiger partial charge is 0.335 e. The van der Waals surface area contributed by atoms with E-state index in [1.54, 1.807) is 25.1 Å². The van der Waals surface area contributed by atoms with Gasteiger partial charge in [0, 0.05) is 11.1 Å². The van der Waals surface area contributed by atoms with Gasteiger partial charge in [-0.15, -0.1) is 0 Å². The summed E-state index contributed by atoms with van der Waals surface area (Å²) in [7, 11) is 0. The molecule has 0 atom stereocenters. The molecule has 1 heterocycles. The van der Waals surface area contributed by atoms with Crippen molar-refractivity contribution in [2.45, 2.75) is 13.8 Å². The maximum absolute atomic E-state index is 11.0. The lowest BCUT2D eigenvalue weighted by Crippen LogP contribution is -1.99. The van der Waals surface area contributed by atoms with Gasteiger partial charge < -0.3 is 9.63 Å². The van der Waals surface area contributed by atoms with Gasteiger partial charge in [0.15, 0.2) is 0 Å². The lowest BCUT2D eigenvalue weighted by Gasteiger charge is -2.01. The second-order valence-electron chi connectivity index (χ2n) is 5.13. The molecule has 5 nitrogen and oxygen atoms in total. The van der Waals surface area contributed by atoms with Crippen LogP contribution in [0.2, 0.25) is 0 Å². The van der Waals surface area contributed by atoms with Crippen LogP contribution in [0.15, 0.2) is 47.0 Å². The van der Waals surface area contributed by atoms with Crippen molar-refractivity contribution in [1.82, 2.24) is 10.1 Å². The summed E-state index contributed by atoms with van der Waals surface area (Å²) >= 11 is 0. The fourth-order valence-electron chi connectivity index (χ4n) is 2.28. The third-order valence-corrected chi connectivity index (χ3v) is 3.41. The monoisotopic (exact) mass is 294 g/mol. The molecule has 5 heteroatoms. The Morgan fingerprint density at radius 1 is 1.09 bits per heavy atom. The summed E-state index contributed by atoms with van der Waals surface area (Å²) in [5.41, 5.74) is 3.62. The highest BCUT2D eigenvalue weighted by molar-refractivity contribution is 5.90. The molecule has 3 rings (SSSR count).